The number of rotatable bonds is 9. The molecule has 2 rings (SSSR count). The lowest BCUT2D eigenvalue weighted by molar-refractivity contribution is 0.0945. The first kappa shape index (κ1) is 21.9. The quantitative estimate of drug-likeness (QED) is 0.626. The predicted molar refractivity (Wildman–Crippen MR) is 113 cm³/mol. The molecule has 0 saturated carbocycles. The van der Waals surface area contributed by atoms with E-state index in [9.17, 15) is 13.2 Å². The van der Waals surface area contributed by atoms with Crippen LogP contribution in [0.2, 0.25) is 0 Å². The number of carbonyl (C=O) groups is 1. The molecule has 2 N–H and O–H groups in total. The molecule has 0 heterocycles. The van der Waals surface area contributed by atoms with Gasteiger partial charge < -0.3 is 4.90 Å². The van der Waals surface area contributed by atoms with E-state index < -0.39 is 15.9 Å². The highest BCUT2D eigenvalue weighted by Crippen LogP contribution is 2.20. The molecule has 7 heteroatoms. The number of nitrogens with one attached hydrogen (secondary N) is 2. The topological polar surface area (TPSA) is 78.5 Å². The summed E-state index contributed by atoms with van der Waals surface area (Å²) in [6.07, 6.45) is 0.980. The van der Waals surface area contributed by atoms with E-state index in [1.807, 2.05) is 12.1 Å². The van der Waals surface area contributed by atoms with Crippen LogP contribution in [0.15, 0.2) is 53.4 Å². The molecule has 0 saturated heterocycles. The molecule has 0 unspecified atom stereocenters. The third-order valence-corrected chi connectivity index (χ3v) is 6.19. The van der Waals surface area contributed by atoms with Gasteiger partial charge in [-0.2, -0.15) is 0 Å². The number of hydrogen-bond acceptors (Lipinski definition) is 4. The van der Waals surface area contributed by atoms with Gasteiger partial charge in [0.1, 0.15) is 0 Å². The van der Waals surface area contributed by atoms with Crippen molar-refractivity contribution in [2.75, 3.05) is 18.0 Å². The summed E-state index contributed by atoms with van der Waals surface area (Å²) >= 11 is 0. The zero-order valence-corrected chi connectivity index (χ0v) is 17.7. The van der Waals surface area contributed by atoms with Gasteiger partial charge in [0, 0.05) is 24.3 Å². The average Bonchev–Trinajstić information content (AvgIpc) is 2.73. The Morgan fingerprint density at radius 3 is 2.04 bits per heavy atom. The Kier molecular flexibility index (Phi) is 7.60. The molecular weight excluding hydrogens is 374 g/mol. The lowest BCUT2D eigenvalue weighted by Gasteiger charge is -2.21. The van der Waals surface area contributed by atoms with Gasteiger partial charge in [0.2, 0.25) is 0 Å². The summed E-state index contributed by atoms with van der Waals surface area (Å²) in [5, 5.41) is 0. The third-order valence-electron chi connectivity index (χ3n) is 4.93. The summed E-state index contributed by atoms with van der Waals surface area (Å²) in [7, 11) is -3.83. The molecule has 0 aromatic heterocycles. The molecule has 1 atom stereocenters. The average molecular weight is 404 g/mol. The lowest BCUT2D eigenvalue weighted by atomic mass is 9.99. The number of sulfonamides is 1. The van der Waals surface area contributed by atoms with E-state index in [1.165, 1.54) is 0 Å². The fraction of sp³-hybridized carbons (Fsp3) is 0.381. The van der Waals surface area contributed by atoms with Crippen LogP contribution >= 0.6 is 0 Å². The van der Waals surface area contributed by atoms with Crippen molar-refractivity contribution in [3.8, 4) is 0 Å². The van der Waals surface area contributed by atoms with Crippen molar-refractivity contribution in [2.24, 2.45) is 0 Å². The number of hydrazine groups is 1. The number of hydrogen-bond donors (Lipinski definition) is 2. The molecule has 0 aliphatic heterocycles. The predicted octanol–water partition coefficient (Wildman–Crippen LogP) is 3.67. The van der Waals surface area contributed by atoms with Gasteiger partial charge in [-0.25, -0.2) is 8.42 Å². The SMILES string of the molecule is CC[C@H](C)c1ccc(S(=O)(=O)NNC(=O)c2ccc(N(CC)CC)cc2)cc1. The van der Waals surface area contributed by atoms with Gasteiger partial charge in [-0.1, -0.05) is 26.0 Å². The highest BCUT2D eigenvalue weighted by molar-refractivity contribution is 7.89. The zero-order chi connectivity index (χ0) is 20.7. The molecule has 2 aromatic rings. The summed E-state index contributed by atoms with van der Waals surface area (Å²) in [4.78, 5) is 16.7. The minimum atomic E-state index is -3.83. The smallest absolute Gasteiger partial charge is 0.266 e. The summed E-state index contributed by atoms with van der Waals surface area (Å²) in [5.41, 5.74) is 4.75. The monoisotopic (exact) mass is 403 g/mol. The lowest BCUT2D eigenvalue weighted by Crippen LogP contribution is -2.41. The molecule has 28 heavy (non-hydrogen) atoms. The molecule has 0 spiro atoms. The second kappa shape index (κ2) is 9.71. The number of benzene rings is 2. The summed E-state index contributed by atoms with van der Waals surface area (Å²) in [6, 6.07) is 13.8. The molecular formula is C21H29N3O3S. The van der Waals surface area contributed by atoms with Gasteiger partial charge in [-0.3, -0.25) is 10.2 Å². The second-order valence-corrected chi connectivity index (χ2v) is 8.34. The van der Waals surface area contributed by atoms with Crippen molar-refractivity contribution in [3.63, 3.8) is 0 Å². The Hall–Kier alpha value is -2.38. The molecule has 0 bridgehead atoms. The van der Waals surface area contributed by atoms with Crippen LogP contribution in [-0.4, -0.2) is 27.4 Å². The largest absolute Gasteiger partial charge is 0.372 e. The van der Waals surface area contributed by atoms with E-state index >= 15 is 0 Å². The Labute approximate surface area is 168 Å². The van der Waals surface area contributed by atoms with Crippen LogP contribution in [0, 0.1) is 0 Å². The summed E-state index contributed by atoms with van der Waals surface area (Å²) < 4.78 is 24.8. The van der Waals surface area contributed by atoms with E-state index in [4.69, 9.17) is 0 Å². The van der Waals surface area contributed by atoms with Gasteiger partial charge in [0.05, 0.1) is 4.90 Å². The third kappa shape index (κ3) is 5.33. The molecule has 1 amide bonds. The normalized spacial score (nSPS) is 12.4. The molecule has 0 aliphatic rings. The van der Waals surface area contributed by atoms with E-state index in [2.05, 4.69) is 42.9 Å². The van der Waals surface area contributed by atoms with E-state index in [0.29, 0.717) is 11.5 Å². The Morgan fingerprint density at radius 2 is 1.54 bits per heavy atom. The van der Waals surface area contributed by atoms with E-state index in [1.54, 1.807) is 36.4 Å². The minimum Gasteiger partial charge on any atom is -0.372 e. The van der Waals surface area contributed by atoms with Gasteiger partial charge in [-0.15, -0.1) is 4.83 Å². The molecule has 152 valence electrons. The van der Waals surface area contributed by atoms with Crippen LogP contribution in [-0.2, 0) is 10.0 Å². The molecule has 0 radical (unpaired) electrons. The molecule has 2 aromatic carbocycles. The van der Waals surface area contributed by atoms with Crippen LogP contribution in [0.4, 0.5) is 5.69 Å². The highest BCUT2D eigenvalue weighted by atomic mass is 32.2. The number of amides is 1. The number of nitrogens with zero attached hydrogens (tertiary/aromatic N) is 1. The first-order chi connectivity index (χ1) is 13.3. The summed E-state index contributed by atoms with van der Waals surface area (Å²) in [6.45, 7) is 10.0. The van der Waals surface area contributed by atoms with Crippen molar-refractivity contribution in [3.05, 3.63) is 59.7 Å². The maximum absolute atomic E-state index is 12.4. The minimum absolute atomic E-state index is 0.108. The first-order valence-electron chi connectivity index (χ1n) is 9.59. The first-order valence-corrected chi connectivity index (χ1v) is 11.1. The van der Waals surface area contributed by atoms with Gasteiger partial charge >= 0.3 is 0 Å². The van der Waals surface area contributed by atoms with Crippen LogP contribution in [0.3, 0.4) is 0 Å². The fourth-order valence-corrected chi connectivity index (χ4v) is 3.71. The second-order valence-electron chi connectivity index (χ2n) is 6.66. The van der Waals surface area contributed by atoms with Gasteiger partial charge in [0.15, 0.2) is 0 Å². The van der Waals surface area contributed by atoms with Gasteiger partial charge in [-0.05, 0) is 68.1 Å². The maximum Gasteiger partial charge on any atom is 0.266 e. The molecule has 6 nitrogen and oxygen atoms in total. The number of anilines is 1. The van der Waals surface area contributed by atoms with Gasteiger partial charge in [0.25, 0.3) is 15.9 Å². The fourth-order valence-electron chi connectivity index (χ4n) is 2.87. The van der Waals surface area contributed by atoms with Crippen molar-refractivity contribution in [1.82, 2.24) is 10.3 Å². The van der Waals surface area contributed by atoms with Crippen LogP contribution < -0.4 is 15.2 Å². The summed E-state index contributed by atoms with van der Waals surface area (Å²) in [5.74, 6) is -0.144. The zero-order valence-electron chi connectivity index (χ0n) is 16.9. The Bertz CT molecular complexity index is 874. The standard InChI is InChI=1S/C21H29N3O3S/c1-5-16(4)17-10-14-20(15-11-17)28(26,27)23-22-21(25)18-8-12-19(13-9-18)24(6-2)7-3/h8-16,23H,5-7H2,1-4H3,(H,22,25)/t16-/m0/s1. The molecule has 0 aliphatic carbocycles. The molecule has 0 fully saturated rings. The van der Waals surface area contributed by atoms with E-state index in [0.717, 1.165) is 30.8 Å². The van der Waals surface area contributed by atoms with Crippen molar-refractivity contribution in [2.45, 2.75) is 44.9 Å². The van der Waals surface area contributed by atoms with Crippen LogP contribution in [0.25, 0.3) is 0 Å². The van der Waals surface area contributed by atoms with Crippen molar-refractivity contribution in [1.29, 1.82) is 0 Å². The van der Waals surface area contributed by atoms with Crippen molar-refractivity contribution < 1.29 is 13.2 Å². The Morgan fingerprint density at radius 1 is 0.964 bits per heavy atom. The van der Waals surface area contributed by atoms with E-state index in [-0.39, 0.29) is 4.90 Å². The van der Waals surface area contributed by atoms with Crippen LogP contribution in [0.5, 0.6) is 0 Å². The maximum atomic E-state index is 12.4. The van der Waals surface area contributed by atoms with Crippen molar-refractivity contribution >= 4 is 21.6 Å². The Balaban J connectivity index is 2.02. The number of carbonyl (C=O) groups excluding carboxylic acids is 1. The van der Waals surface area contributed by atoms with Crippen LogP contribution in [0.1, 0.15) is 56.0 Å². The highest BCUT2D eigenvalue weighted by Gasteiger charge is 2.16.